The quantitative estimate of drug-likeness (QED) is 0.759. The van der Waals surface area contributed by atoms with E-state index < -0.39 is 0 Å². The molecule has 1 heterocycles. The molecule has 2 rings (SSSR count). The third kappa shape index (κ3) is 4.73. The van der Waals surface area contributed by atoms with Crippen LogP contribution in [0.5, 0.6) is 0 Å². The van der Waals surface area contributed by atoms with Crippen molar-refractivity contribution in [2.45, 2.75) is 84.1 Å². The Morgan fingerprint density at radius 2 is 1.50 bits per heavy atom. The Morgan fingerprint density at radius 3 is 2.10 bits per heavy atom. The van der Waals surface area contributed by atoms with Crippen molar-refractivity contribution < 1.29 is 0 Å². The summed E-state index contributed by atoms with van der Waals surface area (Å²) in [4.78, 5) is 2.85. The van der Waals surface area contributed by atoms with Gasteiger partial charge in [-0.15, -0.1) is 0 Å². The number of nitrogens with one attached hydrogen (secondary N) is 1. The summed E-state index contributed by atoms with van der Waals surface area (Å²) in [6.45, 7) is 12.1. The van der Waals surface area contributed by atoms with Gasteiger partial charge in [0.2, 0.25) is 0 Å². The van der Waals surface area contributed by atoms with Crippen molar-refractivity contribution in [3.63, 3.8) is 0 Å². The van der Waals surface area contributed by atoms with Gasteiger partial charge >= 0.3 is 0 Å². The molecule has 1 aliphatic heterocycles. The molecular weight excluding hydrogens is 244 g/mol. The molecule has 0 radical (unpaired) electrons. The van der Waals surface area contributed by atoms with Crippen LogP contribution in [0.3, 0.4) is 0 Å². The van der Waals surface area contributed by atoms with Crippen LogP contribution in [0.25, 0.3) is 0 Å². The Labute approximate surface area is 126 Å². The Morgan fingerprint density at radius 1 is 0.900 bits per heavy atom. The lowest BCUT2D eigenvalue weighted by molar-refractivity contribution is 0.0332. The number of likely N-dealkylation sites (tertiary alicyclic amines) is 1. The van der Waals surface area contributed by atoms with Crippen molar-refractivity contribution in [3.8, 4) is 0 Å². The maximum Gasteiger partial charge on any atom is 0.0333 e. The molecule has 0 aromatic carbocycles. The molecule has 1 aliphatic carbocycles. The maximum absolute atomic E-state index is 3.81. The van der Waals surface area contributed by atoms with E-state index in [1.54, 1.807) is 0 Å². The largest absolute Gasteiger partial charge is 0.315 e. The highest BCUT2D eigenvalue weighted by Gasteiger charge is 2.37. The van der Waals surface area contributed by atoms with Crippen LogP contribution in [-0.4, -0.2) is 36.6 Å². The van der Waals surface area contributed by atoms with E-state index in [1.165, 1.54) is 84.0 Å². The fourth-order valence-corrected chi connectivity index (χ4v) is 3.97. The van der Waals surface area contributed by atoms with Crippen LogP contribution in [0, 0.1) is 5.41 Å². The normalized spacial score (nSPS) is 24.8. The van der Waals surface area contributed by atoms with Gasteiger partial charge in [0.15, 0.2) is 0 Å². The Hall–Kier alpha value is -0.0800. The van der Waals surface area contributed by atoms with E-state index in [9.17, 15) is 0 Å². The summed E-state index contributed by atoms with van der Waals surface area (Å²) < 4.78 is 0. The molecule has 2 fully saturated rings. The molecule has 1 saturated heterocycles. The van der Waals surface area contributed by atoms with Gasteiger partial charge in [0.25, 0.3) is 0 Å². The summed E-state index contributed by atoms with van der Waals surface area (Å²) in [5.74, 6) is 0. The fraction of sp³-hybridized carbons (Fsp3) is 1.00. The molecule has 1 N–H and O–H groups in total. The second-order valence-electron chi connectivity index (χ2n) is 8.32. The SMILES string of the molecule is CC(C)(C)CCNCC1(N2CCCCC2)CCCCC1. The van der Waals surface area contributed by atoms with Crippen molar-refractivity contribution in [2.24, 2.45) is 5.41 Å². The van der Waals surface area contributed by atoms with Gasteiger partial charge in [0.05, 0.1) is 0 Å². The standard InChI is InChI=1S/C18H36N2/c1-17(2,3)12-13-19-16-18(10-6-4-7-11-18)20-14-8-5-9-15-20/h19H,4-16H2,1-3H3. The summed E-state index contributed by atoms with van der Waals surface area (Å²) in [6.07, 6.45) is 12.8. The minimum Gasteiger partial charge on any atom is -0.315 e. The maximum atomic E-state index is 3.81. The lowest BCUT2D eigenvalue weighted by Crippen LogP contribution is -2.57. The van der Waals surface area contributed by atoms with Crippen LogP contribution in [0.1, 0.15) is 78.6 Å². The molecule has 0 atom stereocenters. The molecular formula is C18H36N2. The van der Waals surface area contributed by atoms with Gasteiger partial charge in [-0.05, 0) is 57.2 Å². The molecule has 0 aromatic rings. The number of hydrogen-bond acceptors (Lipinski definition) is 2. The molecule has 20 heavy (non-hydrogen) atoms. The zero-order valence-corrected chi connectivity index (χ0v) is 14.1. The number of rotatable bonds is 5. The summed E-state index contributed by atoms with van der Waals surface area (Å²) in [7, 11) is 0. The van der Waals surface area contributed by atoms with Crippen LogP contribution in [-0.2, 0) is 0 Å². The van der Waals surface area contributed by atoms with Gasteiger partial charge in [0, 0.05) is 12.1 Å². The van der Waals surface area contributed by atoms with Gasteiger partial charge < -0.3 is 5.32 Å². The predicted molar refractivity (Wildman–Crippen MR) is 88.2 cm³/mol. The van der Waals surface area contributed by atoms with Crippen LogP contribution in [0.15, 0.2) is 0 Å². The van der Waals surface area contributed by atoms with E-state index in [0.717, 1.165) is 0 Å². The molecule has 0 aromatic heterocycles. The van der Waals surface area contributed by atoms with E-state index >= 15 is 0 Å². The Balaban J connectivity index is 1.86. The van der Waals surface area contributed by atoms with E-state index in [-0.39, 0.29) is 0 Å². The molecule has 1 saturated carbocycles. The zero-order valence-electron chi connectivity index (χ0n) is 14.1. The molecule has 2 heteroatoms. The highest BCUT2D eigenvalue weighted by Crippen LogP contribution is 2.35. The van der Waals surface area contributed by atoms with Crippen LogP contribution < -0.4 is 5.32 Å². The smallest absolute Gasteiger partial charge is 0.0333 e. The minimum atomic E-state index is 0.456. The summed E-state index contributed by atoms with van der Waals surface area (Å²) in [5, 5.41) is 3.81. The fourth-order valence-electron chi connectivity index (χ4n) is 3.97. The number of nitrogens with zero attached hydrogens (tertiary/aromatic N) is 1. The Bertz CT molecular complexity index is 268. The second kappa shape index (κ2) is 7.26. The van der Waals surface area contributed by atoms with Gasteiger partial charge in [-0.25, -0.2) is 0 Å². The average molecular weight is 280 g/mol. The molecule has 2 nitrogen and oxygen atoms in total. The van der Waals surface area contributed by atoms with E-state index in [0.29, 0.717) is 11.0 Å². The van der Waals surface area contributed by atoms with Gasteiger partial charge in [0.1, 0.15) is 0 Å². The third-order valence-electron chi connectivity index (χ3n) is 5.32. The number of hydrogen-bond donors (Lipinski definition) is 1. The van der Waals surface area contributed by atoms with Crippen LogP contribution in [0.2, 0.25) is 0 Å². The molecule has 0 spiro atoms. The molecule has 2 aliphatic rings. The highest BCUT2D eigenvalue weighted by atomic mass is 15.2. The lowest BCUT2D eigenvalue weighted by atomic mass is 9.79. The first-order valence-electron chi connectivity index (χ1n) is 8.98. The van der Waals surface area contributed by atoms with E-state index in [2.05, 4.69) is 31.0 Å². The first kappa shape index (κ1) is 16.3. The van der Waals surface area contributed by atoms with Crippen LogP contribution >= 0.6 is 0 Å². The second-order valence-corrected chi connectivity index (χ2v) is 8.32. The van der Waals surface area contributed by atoms with Crippen LogP contribution in [0.4, 0.5) is 0 Å². The van der Waals surface area contributed by atoms with Crippen molar-refractivity contribution in [3.05, 3.63) is 0 Å². The molecule has 0 amide bonds. The Kier molecular flexibility index (Phi) is 5.92. The molecule has 118 valence electrons. The number of piperidine rings is 1. The third-order valence-corrected chi connectivity index (χ3v) is 5.32. The van der Waals surface area contributed by atoms with Gasteiger partial charge in [-0.3, -0.25) is 4.90 Å². The van der Waals surface area contributed by atoms with E-state index in [4.69, 9.17) is 0 Å². The first-order chi connectivity index (χ1) is 9.52. The van der Waals surface area contributed by atoms with Crippen molar-refractivity contribution in [2.75, 3.05) is 26.2 Å². The topological polar surface area (TPSA) is 15.3 Å². The predicted octanol–water partition coefficient (Wildman–Crippen LogP) is 4.20. The summed E-state index contributed by atoms with van der Waals surface area (Å²) in [6, 6.07) is 0. The van der Waals surface area contributed by atoms with Gasteiger partial charge in [-0.2, -0.15) is 0 Å². The average Bonchev–Trinajstić information content (AvgIpc) is 2.45. The van der Waals surface area contributed by atoms with Crippen molar-refractivity contribution in [1.82, 2.24) is 10.2 Å². The van der Waals surface area contributed by atoms with Gasteiger partial charge in [-0.1, -0.05) is 46.5 Å². The zero-order chi connectivity index (χ0) is 14.5. The molecule has 0 unspecified atom stereocenters. The van der Waals surface area contributed by atoms with Crippen molar-refractivity contribution >= 4 is 0 Å². The monoisotopic (exact) mass is 280 g/mol. The lowest BCUT2D eigenvalue weighted by Gasteiger charge is -2.48. The van der Waals surface area contributed by atoms with E-state index in [1.807, 2.05) is 0 Å². The summed E-state index contributed by atoms with van der Waals surface area (Å²) >= 11 is 0. The minimum absolute atomic E-state index is 0.456. The van der Waals surface area contributed by atoms with Crippen molar-refractivity contribution in [1.29, 1.82) is 0 Å². The molecule has 0 bridgehead atoms. The highest BCUT2D eigenvalue weighted by molar-refractivity contribution is 4.96. The summed E-state index contributed by atoms with van der Waals surface area (Å²) in [5.41, 5.74) is 0.953. The first-order valence-corrected chi connectivity index (χ1v) is 8.98.